The van der Waals surface area contributed by atoms with E-state index in [0.717, 1.165) is 17.7 Å². The first-order chi connectivity index (χ1) is 7.27. The summed E-state index contributed by atoms with van der Waals surface area (Å²) in [5.41, 5.74) is 1.37. The predicted octanol–water partition coefficient (Wildman–Crippen LogP) is 2.39. The minimum Gasteiger partial charge on any atom is -0.478 e. The van der Waals surface area contributed by atoms with E-state index in [9.17, 15) is 4.79 Å². The minimum atomic E-state index is -0.896. The van der Waals surface area contributed by atoms with Gasteiger partial charge in [-0.25, -0.2) is 4.79 Å². The lowest BCUT2D eigenvalue weighted by Gasteiger charge is -2.21. The molecule has 0 aliphatic carbocycles. The fraction of sp³-hybridized carbons (Fsp3) is 0.455. The van der Waals surface area contributed by atoms with Crippen molar-refractivity contribution in [1.82, 2.24) is 4.98 Å². The largest absolute Gasteiger partial charge is 0.478 e. The van der Waals surface area contributed by atoms with Gasteiger partial charge in [-0.1, -0.05) is 0 Å². The van der Waals surface area contributed by atoms with Crippen LogP contribution in [-0.4, -0.2) is 27.6 Å². The number of carboxylic acids is 1. The molecule has 0 amide bonds. The summed E-state index contributed by atoms with van der Waals surface area (Å²) >= 11 is 1.94. The Morgan fingerprint density at radius 1 is 1.53 bits per heavy atom. The first-order valence-corrected chi connectivity index (χ1v) is 6.19. The molecule has 1 aliphatic rings. The van der Waals surface area contributed by atoms with Crippen LogP contribution in [0, 0.1) is 0 Å². The highest BCUT2D eigenvalue weighted by Crippen LogP contribution is 2.30. The number of carboxylic acid groups (broad SMARTS) is 1. The molecule has 1 unspecified atom stereocenters. The van der Waals surface area contributed by atoms with Gasteiger partial charge in [0.05, 0.1) is 5.56 Å². The zero-order chi connectivity index (χ0) is 10.7. The average Bonchev–Trinajstić information content (AvgIpc) is 2.30. The summed E-state index contributed by atoms with van der Waals surface area (Å²) in [5, 5.41) is 8.86. The molecule has 4 heteroatoms. The standard InChI is InChI=1S/C11H13NO2S/c13-11(14)10-4-9(5-12-6-10)8-2-1-3-15-7-8/h4-6,8H,1-3,7H2,(H,13,14). The molecule has 1 fully saturated rings. The van der Waals surface area contributed by atoms with Gasteiger partial charge in [0.1, 0.15) is 0 Å². The molecule has 80 valence electrons. The van der Waals surface area contributed by atoms with Gasteiger partial charge in [0.2, 0.25) is 0 Å². The number of thioether (sulfide) groups is 1. The normalized spacial score (nSPS) is 21.2. The van der Waals surface area contributed by atoms with Crippen molar-refractivity contribution < 1.29 is 9.90 Å². The third kappa shape index (κ3) is 2.50. The third-order valence-electron chi connectivity index (χ3n) is 2.64. The number of hydrogen-bond acceptors (Lipinski definition) is 3. The number of aromatic nitrogens is 1. The maximum atomic E-state index is 10.8. The first-order valence-electron chi connectivity index (χ1n) is 5.03. The molecule has 1 aromatic rings. The van der Waals surface area contributed by atoms with Gasteiger partial charge in [0.15, 0.2) is 0 Å². The van der Waals surface area contributed by atoms with Crippen LogP contribution < -0.4 is 0 Å². The molecule has 1 aromatic heterocycles. The fourth-order valence-corrected chi connectivity index (χ4v) is 2.98. The van der Waals surface area contributed by atoms with Gasteiger partial charge < -0.3 is 5.11 Å². The van der Waals surface area contributed by atoms with Gasteiger partial charge in [-0.05, 0) is 36.1 Å². The molecule has 15 heavy (non-hydrogen) atoms. The molecule has 1 aliphatic heterocycles. The quantitative estimate of drug-likeness (QED) is 0.836. The Hall–Kier alpha value is -1.03. The molecule has 1 N–H and O–H groups in total. The van der Waals surface area contributed by atoms with E-state index >= 15 is 0 Å². The van der Waals surface area contributed by atoms with Crippen LogP contribution in [0.5, 0.6) is 0 Å². The SMILES string of the molecule is O=C(O)c1cncc(C2CCCSC2)c1. The van der Waals surface area contributed by atoms with Crippen LogP contribution in [0.1, 0.15) is 34.7 Å². The van der Waals surface area contributed by atoms with Crippen molar-refractivity contribution in [2.45, 2.75) is 18.8 Å². The number of carbonyl (C=O) groups is 1. The predicted molar refractivity (Wildman–Crippen MR) is 60.5 cm³/mol. The highest BCUT2D eigenvalue weighted by molar-refractivity contribution is 7.99. The molecule has 2 rings (SSSR count). The molecule has 0 saturated carbocycles. The molecule has 1 saturated heterocycles. The molecule has 0 bridgehead atoms. The highest BCUT2D eigenvalue weighted by Gasteiger charge is 2.17. The van der Waals surface area contributed by atoms with E-state index in [1.807, 2.05) is 11.8 Å². The van der Waals surface area contributed by atoms with E-state index < -0.39 is 5.97 Å². The molecule has 0 aromatic carbocycles. The number of nitrogens with zero attached hydrogens (tertiary/aromatic N) is 1. The van der Waals surface area contributed by atoms with Crippen molar-refractivity contribution >= 4 is 17.7 Å². The summed E-state index contributed by atoms with van der Waals surface area (Å²) in [6.45, 7) is 0. The Kier molecular flexibility index (Phi) is 3.26. The van der Waals surface area contributed by atoms with Crippen molar-refractivity contribution in [1.29, 1.82) is 0 Å². The Morgan fingerprint density at radius 2 is 2.40 bits per heavy atom. The maximum Gasteiger partial charge on any atom is 0.337 e. The Bertz CT molecular complexity index is 361. The molecular formula is C11H13NO2S. The van der Waals surface area contributed by atoms with Crippen LogP contribution in [0.2, 0.25) is 0 Å². The Morgan fingerprint density at radius 3 is 3.07 bits per heavy atom. The number of pyridine rings is 1. The van der Waals surface area contributed by atoms with Crippen molar-refractivity contribution in [2.75, 3.05) is 11.5 Å². The fourth-order valence-electron chi connectivity index (χ4n) is 1.80. The minimum absolute atomic E-state index is 0.295. The van der Waals surface area contributed by atoms with E-state index in [1.54, 1.807) is 12.3 Å². The number of rotatable bonds is 2. The summed E-state index contributed by atoms with van der Waals surface area (Å²) in [4.78, 5) is 14.8. The molecule has 0 radical (unpaired) electrons. The zero-order valence-corrected chi connectivity index (χ0v) is 9.17. The highest BCUT2D eigenvalue weighted by atomic mass is 32.2. The lowest BCUT2D eigenvalue weighted by atomic mass is 9.96. The van der Waals surface area contributed by atoms with Crippen molar-refractivity contribution in [3.05, 3.63) is 29.6 Å². The summed E-state index contributed by atoms with van der Waals surface area (Å²) < 4.78 is 0. The topological polar surface area (TPSA) is 50.2 Å². The van der Waals surface area contributed by atoms with Crippen LogP contribution in [-0.2, 0) is 0 Å². The van der Waals surface area contributed by atoms with Crippen molar-refractivity contribution in [3.63, 3.8) is 0 Å². The van der Waals surface area contributed by atoms with E-state index in [0.29, 0.717) is 11.5 Å². The van der Waals surface area contributed by atoms with Gasteiger partial charge >= 0.3 is 5.97 Å². The molecule has 2 heterocycles. The van der Waals surface area contributed by atoms with Crippen LogP contribution in [0.25, 0.3) is 0 Å². The molecule has 3 nitrogen and oxygen atoms in total. The lowest BCUT2D eigenvalue weighted by Crippen LogP contribution is -2.10. The van der Waals surface area contributed by atoms with Gasteiger partial charge in [0, 0.05) is 18.1 Å². The molecule has 1 atom stereocenters. The number of aromatic carboxylic acids is 1. The Labute approximate surface area is 92.9 Å². The molecular weight excluding hydrogens is 210 g/mol. The summed E-state index contributed by atoms with van der Waals surface area (Å²) in [6, 6.07) is 1.76. The maximum absolute atomic E-state index is 10.8. The van der Waals surface area contributed by atoms with Crippen LogP contribution in [0.4, 0.5) is 0 Å². The van der Waals surface area contributed by atoms with E-state index in [-0.39, 0.29) is 0 Å². The average molecular weight is 223 g/mol. The second kappa shape index (κ2) is 4.66. The second-order valence-corrected chi connectivity index (χ2v) is 4.88. The Balaban J connectivity index is 2.19. The van der Waals surface area contributed by atoms with Crippen LogP contribution in [0.15, 0.2) is 18.5 Å². The molecule has 0 spiro atoms. The lowest BCUT2D eigenvalue weighted by molar-refractivity contribution is 0.0696. The first kappa shape index (κ1) is 10.5. The number of hydrogen-bond donors (Lipinski definition) is 1. The van der Waals surface area contributed by atoms with Crippen molar-refractivity contribution in [2.24, 2.45) is 0 Å². The van der Waals surface area contributed by atoms with E-state index in [1.165, 1.54) is 18.4 Å². The van der Waals surface area contributed by atoms with Gasteiger partial charge in [-0.3, -0.25) is 4.98 Å². The summed E-state index contributed by atoms with van der Waals surface area (Å²) in [5.74, 6) is 1.90. The second-order valence-electron chi connectivity index (χ2n) is 3.73. The van der Waals surface area contributed by atoms with Crippen LogP contribution in [0.3, 0.4) is 0 Å². The van der Waals surface area contributed by atoms with Crippen molar-refractivity contribution in [3.8, 4) is 0 Å². The van der Waals surface area contributed by atoms with Gasteiger partial charge in [-0.15, -0.1) is 0 Å². The zero-order valence-electron chi connectivity index (χ0n) is 8.35. The van der Waals surface area contributed by atoms with Gasteiger partial charge in [-0.2, -0.15) is 11.8 Å². The van der Waals surface area contributed by atoms with Gasteiger partial charge in [0.25, 0.3) is 0 Å². The smallest absolute Gasteiger partial charge is 0.337 e. The summed E-state index contributed by atoms with van der Waals surface area (Å²) in [7, 11) is 0. The monoisotopic (exact) mass is 223 g/mol. The van der Waals surface area contributed by atoms with E-state index in [2.05, 4.69) is 4.98 Å². The van der Waals surface area contributed by atoms with E-state index in [4.69, 9.17) is 5.11 Å². The summed E-state index contributed by atoms with van der Waals surface area (Å²) in [6.07, 6.45) is 5.56. The third-order valence-corrected chi connectivity index (χ3v) is 3.85. The van der Waals surface area contributed by atoms with Crippen LogP contribution >= 0.6 is 11.8 Å².